The molecule has 1 amide bonds. The minimum absolute atomic E-state index is 0.0539. The van der Waals surface area contributed by atoms with Crippen molar-refractivity contribution in [3.63, 3.8) is 0 Å². The summed E-state index contributed by atoms with van der Waals surface area (Å²) in [5.41, 5.74) is 4.73. The fourth-order valence-electron chi connectivity index (χ4n) is 2.39. The number of hydrogen-bond donors (Lipinski definition) is 4. The number of rotatable bonds is 7. The molecule has 8 nitrogen and oxygen atoms in total. The molecule has 0 aromatic rings. The maximum absolute atomic E-state index is 12.2. The second kappa shape index (κ2) is 6.89. The fraction of sp³-hybridized carbons (Fsp3) is 0.818. The monoisotopic (exact) mass is 306 g/mol. The van der Waals surface area contributed by atoms with Gasteiger partial charge in [0.15, 0.2) is 5.84 Å². The number of amides is 1. The molecule has 9 heteroatoms. The molecule has 0 heterocycles. The van der Waals surface area contributed by atoms with Crippen LogP contribution in [-0.4, -0.2) is 44.7 Å². The first-order chi connectivity index (χ1) is 9.32. The van der Waals surface area contributed by atoms with Crippen LogP contribution >= 0.6 is 0 Å². The number of nitrogens with zero attached hydrogens (tertiary/aromatic N) is 1. The number of nitrogens with two attached hydrogens (primary N) is 1. The maximum atomic E-state index is 12.2. The molecule has 1 fully saturated rings. The van der Waals surface area contributed by atoms with Crippen LogP contribution in [0.5, 0.6) is 0 Å². The molecule has 0 saturated heterocycles. The van der Waals surface area contributed by atoms with Gasteiger partial charge in [0.1, 0.15) is 5.41 Å². The molecule has 1 aliphatic carbocycles. The van der Waals surface area contributed by atoms with Crippen molar-refractivity contribution < 1.29 is 18.4 Å². The molecule has 0 atom stereocenters. The summed E-state index contributed by atoms with van der Waals surface area (Å²) >= 11 is 0. The van der Waals surface area contributed by atoms with Gasteiger partial charge in [0.25, 0.3) is 0 Å². The van der Waals surface area contributed by atoms with Crippen LogP contribution in [0.15, 0.2) is 5.16 Å². The smallest absolute Gasteiger partial charge is 0.233 e. The zero-order chi connectivity index (χ0) is 15.2. The Kier molecular flexibility index (Phi) is 5.75. The molecule has 1 rings (SSSR count). The molecule has 116 valence electrons. The molecule has 0 radical (unpaired) electrons. The summed E-state index contributed by atoms with van der Waals surface area (Å²) in [6.45, 7) is 0.595. The summed E-state index contributed by atoms with van der Waals surface area (Å²) in [7, 11) is -3.20. The molecular formula is C11H22N4O4S. The Hall–Kier alpha value is -1.35. The van der Waals surface area contributed by atoms with Crippen molar-refractivity contribution in [2.75, 3.05) is 19.3 Å². The highest BCUT2D eigenvalue weighted by Crippen LogP contribution is 2.38. The predicted molar refractivity (Wildman–Crippen MR) is 74.8 cm³/mol. The normalized spacial score (nSPS) is 18.9. The Labute approximate surface area is 118 Å². The van der Waals surface area contributed by atoms with Gasteiger partial charge < -0.3 is 16.3 Å². The van der Waals surface area contributed by atoms with Crippen molar-refractivity contribution in [1.82, 2.24) is 10.0 Å². The van der Waals surface area contributed by atoms with Crippen LogP contribution in [-0.2, 0) is 14.8 Å². The molecule has 0 unspecified atom stereocenters. The van der Waals surface area contributed by atoms with Crippen molar-refractivity contribution in [2.45, 2.75) is 32.1 Å². The van der Waals surface area contributed by atoms with E-state index in [1.54, 1.807) is 0 Å². The van der Waals surface area contributed by atoms with E-state index in [1.165, 1.54) is 0 Å². The summed E-state index contributed by atoms with van der Waals surface area (Å²) in [4.78, 5) is 12.2. The fourth-order valence-corrected chi connectivity index (χ4v) is 2.91. The first kappa shape index (κ1) is 16.7. The quantitative estimate of drug-likeness (QED) is 0.163. The zero-order valence-corrected chi connectivity index (χ0v) is 12.4. The molecule has 0 bridgehead atoms. The summed E-state index contributed by atoms with van der Waals surface area (Å²) < 4.78 is 24.1. The minimum Gasteiger partial charge on any atom is -0.409 e. The number of carbonyl (C=O) groups excluding carboxylic acids is 1. The van der Waals surface area contributed by atoms with Gasteiger partial charge >= 0.3 is 0 Å². The maximum Gasteiger partial charge on any atom is 0.233 e. The van der Waals surface area contributed by atoms with E-state index in [2.05, 4.69) is 15.2 Å². The van der Waals surface area contributed by atoms with Crippen molar-refractivity contribution in [3.8, 4) is 0 Å². The molecule has 5 N–H and O–H groups in total. The van der Waals surface area contributed by atoms with Gasteiger partial charge in [-0.25, -0.2) is 13.1 Å². The van der Waals surface area contributed by atoms with Crippen LogP contribution in [0.2, 0.25) is 0 Å². The third kappa shape index (κ3) is 4.34. The van der Waals surface area contributed by atoms with Gasteiger partial charge in [0, 0.05) is 13.1 Å². The molecule has 1 saturated carbocycles. The van der Waals surface area contributed by atoms with Crippen molar-refractivity contribution in [2.24, 2.45) is 16.3 Å². The topological polar surface area (TPSA) is 134 Å². The SMILES string of the molecule is CS(=O)(=O)NCCCNC(=O)C1(C(N)=NO)CCCC1. The molecule has 0 aromatic carbocycles. The number of sulfonamides is 1. The Bertz CT molecular complexity index is 469. The van der Waals surface area contributed by atoms with Crippen LogP contribution < -0.4 is 15.8 Å². The van der Waals surface area contributed by atoms with Gasteiger partial charge in [-0.3, -0.25) is 4.79 Å². The van der Waals surface area contributed by atoms with Crippen molar-refractivity contribution in [1.29, 1.82) is 0 Å². The summed E-state index contributed by atoms with van der Waals surface area (Å²) in [5, 5.41) is 14.5. The lowest BCUT2D eigenvalue weighted by Crippen LogP contribution is -2.48. The second-order valence-electron chi connectivity index (χ2n) is 5.05. The van der Waals surface area contributed by atoms with Crippen LogP contribution in [0.25, 0.3) is 0 Å². The molecule has 0 aliphatic heterocycles. The molecule has 1 aliphatic rings. The van der Waals surface area contributed by atoms with E-state index >= 15 is 0 Å². The standard InChI is InChI=1S/C11H22N4O4S/c1-20(18,19)14-8-4-7-13-10(16)11(9(12)15-17)5-2-3-6-11/h14,17H,2-8H2,1H3,(H2,12,15)(H,13,16). The van der Waals surface area contributed by atoms with Gasteiger partial charge in [0.05, 0.1) is 6.26 Å². The summed E-state index contributed by atoms with van der Waals surface area (Å²) in [6, 6.07) is 0. The lowest BCUT2D eigenvalue weighted by Gasteiger charge is -2.25. The lowest BCUT2D eigenvalue weighted by molar-refractivity contribution is -0.127. The molecule has 20 heavy (non-hydrogen) atoms. The Morgan fingerprint density at radius 1 is 1.35 bits per heavy atom. The largest absolute Gasteiger partial charge is 0.409 e. The highest BCUT2D eigenvalue weighted by atomic mass is 32.2. The van der Waals surface area contributed by atoms with E-state index in [4.69, 9.17) is 10.9 Å². The third-order valence-corrected chi connectivity index (χ3v) is 4.22. The van der Waals surface area contributed by atoms with E-state index in [9.17, 15) is 13.2 Å². The average Bonchev–Trinajstić information content (AvgIpc) is 2.86. The van der Waals surface area contributed by atoms with Crippen LogP contribution in [0.3, 0.4) is 0 Å². The van der Waals surface area contributed by atoms with Crippen LogP contribution in [0.4, 0.5) is 0 Å². The van der Waals surface area contributed by atoms with E-state index in [0.717, 1.165) is 19.1 Å². The molecular weight excluding hydrogens is 284 g/mol. The van der Waals surface area contributed by atoms with Crippen LogP contribution in [0, 0.1) is 5.41 Å². The number of hydrogen-bond acceptors (Lipinski definition) is 5. The Balaban J connectivity index is 2.45. The molecule has 0 aromatic heterocycles. The van der Waals surface area contributed by atoms with E-state index < -0.39 is 15.4 Å². The second-order valence-corrected chi connectivity index (χ2v) is 6.88. The highest BCUT2D eigenvalue weighted by molar-refractivity contribution is 7.88. The van der Waals surface area contributed by atoms with Crippen molar-refractivity contribution in [3.05, 3.63) is 0 Å². The first-order valence-corrected chi connectivity index (χ1v) is 8.42. The van der Waals surface area contributed by atoms with Crippen molar-refractivity contribution >= 4 is 21.8 Å². The first-order valence-electron chi connectivity index (χ1n) is 6.53. The highest BCUT2D eigenvalue weighted by Gasteiger charge is 2.45. The van der Waals surface area contributed by atoms with Crippen LogP contribution in [0.1, 0.15) is 32.1 Å². The Morgan fingerprint density at radius 3 is 2.45 bits per heavy atom. The Morgan fingerprint density at radius 2 is 1.95 bits per heavy atom. The van der Waals surface area contributed by atoms with Gasteiger partial charge in [0.2, 0.25) is 15.9 Å². The number of carbonyl (C=O) groups is 1. The average molecular weight is 306 g/mol. The number of amidine groups is 1. The summed E-state index contributed by atoms with van der Waals surface area (Å²) in [6.07, 6.45) is 4.41. The van der Waals surface area contributed by atoms with E-state index in [1.807, 2.05) is 0 Å². The lowest BCUT2D eigenvalue weighted by atomic mass is 9.84. The van der Waals surface area contributed by atoms with Gasteiger partial charge in [-0.05, 0) is 19.3 Å². The number of nitrogens with one attached hydrogen (secondary N) is 2. The third-order valence-electron chi connectivity index (χ3n) is 3.49. The summed E-state index contributed by atoms with van der Waals surface area (Å²) in [5.74, 6) is -0.314. The predicted octanol–water partition coefficient (Wildman–Crippen LogP) is -0.651. The molecule has 0 spiro atoms. The zero-order valence-electron chi connectivity index (χ0n) is 11.6. The van der Waals surface area contributed by atoms with Gasteiger partial charge in [-0.15, -0.1) is 0 Å². The van der Waals surface area contributed by atoms with E-state index in [-0.39, 0.29) is 18.3 Å². The van der Waals surface area contributed by atoms with Gasteiger partial charge in [-0.1, -0.05) is 18.0 Å². The van der Waals surface area contributed by atoms with Gasteiger partial charge in [-0.2, -0.15) is 0 Å². The number of oxime groups is 1. The van der Waals surface area contributed by atoms with E-state index in [0.29, 0.717) is 25.8 Å². The minimum atomic E-state index is -3.20.